The van der Waals surface area contributed by atoms with Gasteiger partial charge in [-0.25, -0.2) is 4.68 Å². The average molecular weight is 521 g/mol. The zero-order valence-electron chi connectivity index (χ0n) is 17.5. The standard InChI is InChI=1S/C22H27N5O2.HI/c1-23-22(24-13-11-17-7-10-20(28-2)21(15-17)29-3)25-16-18-5-8-19(9-6-18)27-14-4-12-26-27;/h4-10,12,14-15H,11,13,16H2,1-3H3,(H2,23,24,25);1H. The normalized spacial score (nSPS) is 10.8. The number of aromatic nitrogens is 2. The van der Waals surface area contributed by atoms with Gasteiger partial charge in [-0.1, -0.05) is 18.2 Å². The lowest BCUT2D eigenvalue weighted by molar-refractivity contribution is 0.354. The number of methoxy groups -OCH3 is 2. The van der Waals surface area contributed by atoms with Crippen LogP contribution in [0.2, 0.25) is 0 Å². The molecule has 0 unspecified atom stereocenters. The van der Waals surface area contributed by atoms with Crippen LogP contribution in [-0.2, 0) is 13.0 Å². The number of rotatable bonds is 8. The molecule has 0 radical (unpaired) electrons. The molecule has 3 aromatic rings. The van der Waals surface area contributed by atoms with Gasteiger partial charge in [-0.2, -0.15) is 5.10 Å². The second kappa shape index (κ2) is 12.1. The molecule has 2 aromatic carbocycles. The van der Waals surface area contributed by atoms with Crippen LogP contribution < -0.4 is 20.1 Å². The van der Waals surface area contributed by atoms with Crippen LogP contribution in [0.5, 0.6) is 11.5 Å². The molecule has 0 bridgehead atoms. The predicted molar refractivity (Wildman–Crippen MR) is 130 cm³/mol. The summed E-state index contributed by atoms with van der Waals surface area (Å²) in [6, 6.07) is 16.1. The molecular weight excluding hydrogens is 493 g/mol. The number of hydrogen-bond acceptors (Lipinski definition) is 4. The van der Waals surface area contributed by atoms with Crippen molar-refractivity contribution >= 4 is 29.9 Å². The van der Waals surface area contributed by atoms with E-state index in [1.54, 1.807) is 27.5 Å². The molecule has 0 spiro atoms. The number of halogens is 1. The molecule has 0 aliphatic rings. The quantitative estimate of drug-likeness (QED) is 0.270. The largest absolute Gasteiger partial charge is 0.493 e. The third-order valence-electron chi connectivity index (χ3n) is 4.54. The van der Waals surface area contributed by atoms with Gasteiger partial charge in [-0.15, -0.1) is 24.0 Å². The Labute approximate surface area is 194 Å². The molecule has 0 aliphatic heterocycles. The number of aliphatic imine (C=N–C) groups is 1. The molecule has 0 fully saturated rings. The van der Waals surface area contributed by atoms with Gasteiger partial charge in [-0.3, -0.25) is 4.99 Å². The molecular formula is C22H28IN5O2. The Morgan fingerprint density at radius 1 is 1.00 bits per heavy atom. The summed E-state index contributed by atoms with van der Waals surface area (Å²) in [7, 11) is 5.06. The van der Waals surface area contributed by atoms with Crippen LogP contribution in [0.25, 0.3) is 5.69 Å². The molecule has 0 saturated heterocycles. The summed E-state index contributed by atoms with van der Waals surface area (Å²) in [6.07, 6.45) is 4.55. The van der Waals surface area contributed by atoms with Gasteiger partial charge in [0.1, 0.15) is 0 Å². The van der Waals surface area contributed by atoms with Crippen LogP contribution in [0.15, 0.2) is 65.9 Å². The van der Waals surface area contributed by atoms with Crippen molar-refractivity contribution in [2.45, 2.75) is 13.0 Å². The number of nitrogens with zero attached hydrogens (tertiary/aromatic N) is 3. The van der Waals surface area contributed by atoms with Crippen LogP contribution in [0, 0.1) is 0 Å². The maximum absolute atomic E-state index is 5.36. The zero-order valence-corrected chi connectivity index (χ0v) is 19.8. The third kappa shape index (κ3) is 6.38. The maximum atomic E-state index is 5.36. The highest BCUT2D eigenvalue weighted by Crippen LogP contribution is 2.27. The Hall–Kier alpha value is -2.75. The zero-order chi connectivity index (χ0) is 20.5. The Kier molecular flexibility index (Phi) is 9.46. The lowest BCUT2D eigenvalue weighted by Gasteiger charge is -2.13. The van der Waals surface area contributed by atoms with Crippen molar-refractivity contribution in [3.8, 4) is 17.2 Å². The minimum atomic E-state index is 0. The average Bonchev–Trinajstić information content (AvgIpc) is 3.31. The van der Waals surface area contributed by atoms with E-state index in [2.05, 4.69) is 45.0 Å². The van der Waals surface area contributed by atoms with Gasteiger partial charge in [0.15, 0.2) is 17.5 Å². The number of ether oxygens (including phenoxy) is 2. The lowest BCUT2D eigenvalue weighted by Crippen LogP contribution is -2.37. The molecule has 0 aliphatic carbocycles. The minimum absolute atomic E-state index is 0. The monoisotopic (exact) mass is 521 g/mol. The van der Waals surface area contributed by atoms with E-state index in [4.69, 9.17) is 9.47 Å². The SMILES string of the molecule is CN=C(NCCc1ccc(OC)c(OC)c1)NCc1ccc(-n2cccn2)cc1.I. The van der Waals surface area contributed by atoms with Gasteiger partial charge in [0.25, 0.3) is 0 Å². The molecule has 8 heteroatoms. The lowest BCUT2D eigenvalue weighted by atomic mass is 10.1. The fourth-order valence-electron chi connectivity index (χ4n) is 2.96. The van der Waals surface area contributed by atoms with Crippen molar-refractivity contribution in [2.75, 3.05) is 27.8 Å². The van der Waals surface area contributed by atoms with Gasteiger partial charge in [0, 0.05) is 32.5 Å². The van der Waals surface area contributed by atoms with Crippen LogP contribution in [0.3, 0.4) is 0 Å². The first-order valence-electron chi connectivity index (χ1n) is 9.48. The van der Waals surface area contributed by atoms with Crippen LogP contribution in [-0.4, -0.2) is 43.6 Å². The summed E-state index contributed by atoms with van der Waals surface area (Å²) in [4.78, 5) is 4.29. The fourth-order valence-corrected chi connectivity index (χ4v) is 2.96. The van der Waals surface area contributed by atoms with Crippen molar-refractivity contribution in [1.29, 1.82) is 0 Å². The van der Waals surface area contributed by atoms with E-state index in [1.165, 1.54) is 11.1 Å². The van der Waals surface area contributed by atoms with Gasteiger partial charge in [-0.05, 0) is 47.9 Å². The Morgan fingerprint density at radius 2 is 1.73 bits per heavy atom. The van der Waals surface area contributed by atoms with E-state index in [1.807, 2.05) is 35.1 Å². The summed E-state index contributed by atoms with van der Waals surface area (Å²) in [5, 5.41) is 10.9. The highest BCUT2D eigenvalue weighted by atomic mass is 127. The van der Waals surface area contributed by atoms with Gasteiger partial charge >= 0.3 is 0 Å². The number of nitrogens with one attached hydrogen (secondary N) is 2. The first kappa shape index (κ1) is 23.5. The van der Waals surface area contributed by atoms with Crippen molar-refractivity contribution in [3.05, 3.63) is 72.1 Å². The fraction of sp³-hybridized carbons (Fsp3) is 0.273. The minimum Gasteiger partial charge on any atom is -0.493 e. The van der Waals surface area contributed by atoms with E-state index in [0.29, 0.717) is 6.54 Å². The summed E-state index contributed by atoms with van der Waals surface area (Å²) >= 11 is 0. The third-order valence-corrected chi connectivity index (χ3v) is 4.54. The van der Waals surface area contributed by atoms with Crippen molar-refractivity contribution < 1.29 is 9.47 Å². The predicted octanol–water partition coefficient (Wildman–Crippen LogP) is 3.42. The molecule has 0 saturated carbocycles. The number of benzene rings is 2. The maximum Gasteiger partial charge on any atom is 0.191 e. The molecule has 1 aromatic heterocycles. The summed E-state index contributed by atoms with van der Waals surface area (Å²) < 4.78 is 12.5. The van der Waals surface area contributed by atoms with Crippen LogP contribution >= 0.6 is 24.0 Å². The van der Waals surface area contributed by atoms with Crippen LogP contribution in [0.4, 0.5) is 0 Å². The first-order valence-corrected chi connectivity index (χ1v) is 9.48. The van der Waals surface area contributed by atoms with Crippen molar-refractivity contribution in [3.63, 3.8) is 0 Å². The second-order valence-corrected chi connectivity index (χ2v) is 6.41. The topological polar surface area (TPSA) is 72.7 Å². The molecule has 0 amide bonds. The van der Waals surface area contributed by atoms with Crippen LogP contribution in [0.1, 0.15) is 11.1 Å². The molecule has 30 heavy (non-hydrogen) atoms. The first-order chi connectivity index (χ1) is 14.2. The molecule has 160 valence electrons. The Morgan fingerprint density at radius 3 is 2.37 bits per heavy atom. The summed E-state index contributed by atoms with van der Waals surface area (Å²) in [6.45, 7) is 1.45. The number of guanidine groups is 1. The summed E-state index contributed by atoms with van der Waals surface area (Å²) in [5.74, 6) is 2.24. The molecule has 0 atom stereocenters. The van der Waals surface area contributed by atoms with E-state index in [0.717, 1.165) is 36.1 Å². The van der Waals surface area contributed by atoms with Gasteiger partial charge < -0.3 is 20.1 Å². The van der Waals surface area contributed by atoms with Gasteiger partial charge in [0.05, 0.1) is 19.9 Å². The number of hydrogen-bond donors (Lipinski definition) is 2. The second-order valence-electron chi connectivity index (χ2n) is 6.41. The van der Waals surface area contributed by atoms with E-state index >= 15 is 0 Å². The molecule has 7 nitrogen and oxygen atoms in total. The van der Waals surface area contributed by atoms with Crippen molar-refractivity contribution in [1.82, 2.24) is 20.4 Å². The Bertz CT molecular complexity index is 927. The van der Waals surface area contributed by atoms with E-state index in [9.17, 15) is 0 Å². The molecule has 1 heterocycles. The van der Waals surface area contributed by atoms with E-state index in [-0.39, 0.29) is 24.0 Å². The summed E-state index contributed by atoms with van der Waals surface area (Å²) in [5.41, 5.74) is 3.37. The highest BCUT2D eigenvalue weighted by molar-refractivity contribution is 14.0. The molecule has 3 rings (SSSR count). The smallest absolute Gasteiger partial charge is 0.191 e. The van der Waals surface area contributed by atoms with Crippen molar-refractivity contribution in [2.24, 2.45) is 4.99 Å². The highest BCUT2D eigenvalue weighted by Gasteiger charge is 2.05. The van der Waals surface area contributed by atoms with Gasteiger partial charge in [0.2, 0.25) is 0 Å². The van der Waals surface area contributed by atoms with E-state index < -0.39 is 0 Å². The Balaban J connectivity index is 0.00000320. The molecule has 2 N–H and O–H groups in total.